The molecule has 182 valence electrons. The molecule has 34 heavy (non-hydrogen) atoms. The first-order valence-corrected chi connectivity index (χ1v) is 14.3. The van der Waals surface area contributed by atoms with Crippen LogP contribution in [0, 0.1) is 6.92 Å². The minimum atomic E-state index is -3.81. The summed E-state index contributed by atoms with van der Waals surface area (Å²) in [5.41, 5.74) is 3.58. The maximum Gasteiger partial charge on any atom is 0.322 e. The van der Waals surface area contributed by atoms with E-state index in [1.165, 1.54) is 16.9 Å². The third kappa shape index (κ3) is 5.68. The van der Waals surface area contributed by atoms with E-state index in [-0.39, 0.29) is 0 Å². The third-order valence-corrected chi connectivity index (χ3v) is 8.45. The summed E-state index contributed by atoms with van der Waals surface area (Å²) in [6.45, 7) is 9.48. The molecule has 0 fully saturated rings. The van der Waals surface area contributed by atoms with Crippen LogP contribution in [0.2, 0.25) is 5.02 Å². The van der Waals surface area contributed by atoms with Gasteiger partial charge in [-0.1, -0.05) is 25.4 Å². The monoisotopic (exact) mass is 518 g/mol. The number of anilines is 2. The van der Waals surface area contributed by atoms with Gasteiger partial charge in [0.1, 0.15) is 5.00 Å². The van der Waals surface area contributed by atoms with E-state index in [0.29, 0.717) is 15.7 Å². The second-order valence-electron chi connectivity index (χ2n) is 8.57. The molecule has 0 spiro atoms. The largest absolute Gasteiger partial charge is 0.361 e. The van der Waals surface area contributed by atoms with Crippen molar-refractivity contribution in [3.8, 4) is 0 Å². The average molecular weight is 519 g/mol. The molecule has 0 saturated heterocycles. The average Bonchev–Trinajstić information content (AvgIpc) is 3.32. The van der Waals surface area contributed by atoms with Crippen molar-refractivity contribution in [2.75, 3.05) is 29.1 Å². The van der Waals surface area contributed by atoms with Crippen molar-refractivity contribution in [2.24, 2.45) is 0 Å². The minimum absolute atomic E-state index is 0.529. The highest BCUT2D eigenvalue weighted by atomic mass is 35.5. The van der Waals surface area contributed by atoms with Crippen LogP contribution in [0.1, 0.15) is 37.8 Å². The van der Waals surface area contributed by atoms with Gasteiger partial charge >= 0.3 is 10.2 Å². The summed E-state index contributed by atoms with van der Waals surface area (Å²) in [6.07, 6.45) is 5.22. The SMILES string of the molecule is CCCN(CCC)CCc1c[nH]c2ccc(NS(=O)(=O)Nc3sc4ccc(Cl)cc4c3C)cc12. The van der Waals surface area contributed by atoms with Crippen LogP contribution in [-0.2, 0) is 16.6 Å². The minimum Gasteiger partial charge on any atom is -0.361 e. The van der Waals surface area contributed by atoms with E-state index in [0.717, 1.165) is 65.4 Å². The summed E-state index contributed by atoms with van der Waals surface area (Å²) >= 11 is 7.51. The van der Waals surface area contributed by atoms with Crippen LogP contribution < -0.4 is 9.44 Å². The fourth-order valence-corrected chi connectivity index (χ4v) is 6.78. The molecule has 0 bridgehead atoms. The Bertz CT molecular complexity index is 1390. The Kier molecular flexibility index (Phi) is 7.72. The third-order valence-electron chi connectivity index (χ3n) is 5.92. The summed E-state index contributed by atoms with van der Waals surface area (Å²) < 4.78 is 32.2. The van der Waals surface area contributed by atoms with Crippen molar-refractivity contribution in [1.29, 1.82) is 0 Å². The van der Waals surface area contributed by atoms with Crippen molar-refractivity contribution in [3.63, 3.8) is 0 Å². The molecule has 0 aliphatic rings. The van der Waals surface area contributed by atoms with Gasteiger partial charge < -0.3 is 9.88 Å². The second kappa shape index (κ2) is 10.6. The number of thiophene rings is 1. The summed E-state index contributed by atoms with van der Waals surface area (Å²) in [4.78, 5) is 5.79. The lowest BCUT2D eigenvalue weighted by Crippen LogP contribution is -2.27. The molecule has 2 aromatic heterocycles. The van der Waals surface area contributed by atoms with E-state index in [9.17, 15) is 8.42 Å². The molecule has 6 nitrogen and oxygen atoms in total. The van der Waals surface area contributed by atoms with Gasteiger partial charge in [0.25, 0.3) is 0 Å². The number of hydrogen-bond donors (Lipinski definition) is 3. The van der Waals surface area contributed by atoms with E-state index in [1.54, 1.807) is 6.07 Å². The Labute approximate surface area is 210 Å². The molecule has 0 radical (unpaired) electrons. The number of aromatic nitrogens is 1. The van der Waals surface area contributed by atoms with Gasteiger partial charge in [-0.05, 0) is 92.2 Å². The molecular formula is C25H31ClN4O2S2. The molecule has 0 amide bonds. The van der Waals surface area contributed by atoms with Crippen molar-refractivity contribution in [3.05, 3.63) is 58.7 Å². The van der Waals surface area contributed by atoms with Crippen LogP contribution in [0.5, 0.6) is 0 Å². The number of H-pyrrole nitrogens is 1. The number of rotatable bonds is 11. The molecule has 2 heterocycles. The Morgan fingerprint density at radius 2 is 1.76 bits per heavy atom. The van der Waals surface area contributed by atoms with E-state index in [1.807, 2.05) is 43.5 Å². The molecule has 0 unspecified atom stereocenters. The van der Waals surface area contributed by atoms with Crippen LogP contribution in [0.3, 0.4) is 0 Å². The number of benzene rings is 2. The Morgan fingerprint density at radius 3 is 2.50 bits per heavy atom. The first-order chi connectivity index (χ1) is 16.3. The van der Waals surface area contributed by atoms with Crippen LogP contribution in [0.15, 0.2) is 42.6 Å². The molecular weight excluding hydrogens is 488 g/mol. The summed E-state index contributed by atoms with van der Waals surface area (Å²) in [7, 11) is -3.81. The zero-order valence-corrected chi connectivity index (χ0v) is 22.1. The molecule has 2 aromatic carbocycles. The molecule has 0 saturated carbocycles. The zero-order chi connectivity index (χ0) is 24.3. The van der Waals surface area contributed by atoms with Gasteiger partial charge in [0.05, 0.1) is 5.69 Å². The van der Waals surface area contributed by atoms with Crippen molar-refractivity contribution in [1.82, 2.24) is 9.88 Å². The standard InChI is InChI=1S/C25H31ClN4O2S2/c1-4-11-30(12-5-2)13-10-18-16-27-23-8-7-20(15-22(18)23)28-34(31,32)29-25-17(3)21-14-19(26)6-9-24(21)33-25/h6-9,14-16,27-29H,4-5,10-13H2,1-3H3. The van der Waals surface area contributed by atoms with Gasteiger partial charge in [-0.25, -0.2) is 0 Å². The number of hydrogen-bond acceptors (Lipinski definition) is 4. The molecule has 9 heteroatoms. The number of aryl methyl sites for hydroxylation is 1. The first kappa shape index (κ1) is 24.9. The molecule has 3 N–H and O–H groups in total. The van der Waals surface area contributed by atoms with E-state index in [2.05, 4.69) is 33.2 Å². The van der Waals surface area contributed by atoms with Crippen molar-refractivity contribution >= 4 is 64.8 Å². The van der Waals surface area contributed by atoms with Gasteiger partial charge in [-0.15, -0.1) is 11.3 Å². The molecule has 4 rings (SSSR count). The van der Waals surface area contributed by atoms with E-state index >= 15 is 0 Å². The predicted octanol–water partition coefficient (Wildman–Crippen LogP) is 6.78. The van der Waals surface area contributed by atoms with Gasteiger partial charge in [0.2, 0.25) is 0 Å². The van der Waals surface area contributed by atoms with E-state index < -0.39 is 10.2 Å². The summed E-state index contributed by atoms with van der Waals surface area (Å²) in [6, 6.07) is 11.2. The van der Waals surface area contributed by atoms with E-state index in [4.69, 9.17) is 11.6 Å². The van der Waals surface area contributed by atoms with Crippen LogP contribution in [0.4, 0.5) is 10.7 Å². The maximum atomic E-state index is 12.9. The van der Waals surface area contributed by atoms with Crippen LogP contribution in [0.25, 0.3) is 21.0 Å². The van der Waals surface area contributed by atoms with Crippen molar-refractivity contribution in [2.45, 2.75) is 40.0 Å². The second-order valence-corrected chi connectivity index (χ2v) is 11.5. The lowest BCUT2D eigenvalue weighted by molar-refractivity contribution is 0.278. The topological polar surface area (TPSA) is 77.2 Å². The van der Waals surface area contributed by atoms with Crippen molar-refractivity contribution < 1.29 is 8.42 Å². The molecule has 0 aliphatic heterocycles. The maximum absolute atomic E-state index is 12.9. The fourth-order valence-electron chi connectivity index (χ4n) is 4.29. The number of nitrogens with zero attached hydrogens (tertiary/aromatic N) is 1. The molecule has 0 atom stereocenters. The Hall–Kier alpha value is -2.26. The smallest absolute Gasteiger partial charge is 0.322 e. The lowest BCUT2D eigenvalue weighted by atomic mass is 10.1. The number of halogens is 1. The van der Waals surface area contributed by atoms with Gasteiger partial charge in [0.15, 0.2) is 0 Å². The first-order valence-electron chi connectivity index (χ1n) is 11.6. The quantitative estimate of drug-likeness (QED) is 0.205. The highest BCUT2D eigenvalue weighted by Crippen LogP contribution is 2.37. The highest BCUT2D eigenvalue weighted by Gasteiger charge is 2.17. The van der Waals surface area contributed by atoms with Gasteiger partial charge in [0, 0.05) is 33.4 Å². The van der Waals surface area contributed by atoms with Gasteiger partial charge in [-0.2, -0.15) is 8.42 Å². The zero-order valence-electron chi connectivity index (χ0n) is 19.7. The number of aromatic amines is 1. The number of nitrogens with one attached hydrogen (secondary N) is 3. The Morgan fingerprint density at radius 1 is 1.00 bits per heavy atom. The van der Waals surface area contributed by atoms with Crippen LogP contribution in [-0.4, -0.2) is 37.9 Å². The fraction of sp³-hybridized carbons (Fsp3) is 0.360. The van der Waals surface area contributed by atoms with Gasteiger partial charge in [-0.3, -0.25) is 9.44 Å². The lowest BCUT2D eigenvalue weighted by Gasteiger charge is -2.20. The molecule has 4 aromatic rings. The number of fused-ring (bicyclic) bond motifs is 2. The Balaban J connectivity index is 1.51. The van der Waals surface area contributed by atoms with Crippen LogP contribution >= 0.6 is 22.9 Å². The molecule has 0 aliphatic carbocycles. The summed E-state index contributed by atoms with van der Waals surface area (Å²) in [5.74, 6) is 0. The predicted molar refractivity (Wildman–Crippen MR) is 147 cm³/mol. The summed E-state index contributed by atoms with van der Waals surface area (Å²) in [5, 5.41) is 3.21. The normalized spacial score (nSPS) is 12.1. The highest BCUT2D eigenvalue weighted by molar-refractivity contribution is 7.94.